The number of hydrogen-bond acceptors (Lipinski definition) is 5. The molecule has 0 aliphatic heterocycles. The van der Waals surface area contributed by atoms with Crippen LogP contribution in [0.5, 0.6) is 0 Å². The molecule has 3 atom stereocenters. The quantitative estimate of drug-likeness (QED) is 0.241. The lowest BCUT2D eigenvalue weighted by molar-refractivity contribution is -0.132. The molecule has 0 radical (unpaired) electrons. The van der Waals surface area contributed by atoms with Crippen molar-refractivity contribution in [1.29, 1.82) is 0 Å². The highest BCUT2D eigenvalue weighted by molar-refractivity contribution is 6.08. The number of nitrogens with one attached hydrogen (secondary N) is 4. The fraction of sp³-hybridized carbons (Fsp3) is 0.333. The normalized spacial score (nSPS) is 13.2. The molecule has 5 N–H and O–H groups in total. The third kappa shape index (κ3) is 7.26. The first-order valence-corrected chi connectivity index (χ1v) is 11.7. The highest BCUT2D eigenvalue weighted by atomic mass is 16.3. The molecule has 9 heteroatoms. The molecule has 0 saturated carbocycles. The van der Waals surface area contributed by atoms with Crippen molar-refractivity contribution in [2.75, 3.05) is 12.4 Å². The van der Waals surface area contributed by atoms with Crippen LogP contribution in [-0.4, -0.2) is 54.5 Å². The van der Waals surface area contributed by atoms with Gasteiger partial charge in [0.05, 0.1) is 6.04 Å². The average molecular weight is 495 g/mol. The molecule has 0 fully saturated rings. The summed E-state index contributed by atoms with van der Waals surface area (Å²) in [6.07, 6.45) is 0. The van der Waals surface area contributed by atoms with E-state index in [9.17, 15) is 14.4 Å². The molecule has 36 heavy (non-hydrogen) atoms. The number of carboxylic acid groups (broad SMARTS) is 1. The predicted octanol–water partition coefficient (Wildman–Crippen LogP) is 2.89. The molecule has 0 heterocycles. The van der Waals surface area contributed by atoms with E-state index in [0.29, 0.717) is 5.69 Å². The van der Waals surface area contributed by atoms with Gasteiger partial charge in [0.15, 0.2) is 0 Å². The van der Waals surface area contributed by atoms with Gasteiger partial charge in [-0.1, -0.05) is 50.2 Å². The summed E-state index contributed by atoms with van der Waals surface area (Å²) in [6.45, 7) is 6.79. The van der Waals surface area contributed by atoms with Crippen LogP contribution in [-0.2, 0) is 19.2 Å². The van der Waals surface area contributed by atoms with Gasteiger partial charge in [-0.2, -0.15) is 0 Å². The molecule has 3 aromatic carbocycles. The third-order valence-electron chi connectivity index (χ3n) is 5.83. The summed E-state index contributed by atoms with van der Waals surface area (Å²) < 4.78 is 0. The summed E-state index contributed by atoms with van der Waals surface area (Å²) in [7, 11) is 1.68. The van der Waals surface area contributed by atoms with Crippen molar-refractivity contribution in [1.82, 2.24) is 16.0 Å². The van der Waals surface area contributed by atoms with E-state index in [1.165, 1.54) is 0 Å². The Morgan fingerprint density at radius 1 is 0.778 bits per heavy atom. The lowest BCUT2D eigenvalue weighted by Crippen LogP contribution is -2.56. The molecule has 0 bridgehead atoms. The molecule has 3 aromatic rings. The zero-order chi connectivity index (χ0) is 26.8. The molecular formula is C27H34N4O5. The molecule has 0 aromatic heterocycles. The second-order valence-electron chi connectivity index (χ2n) is 8.79. The van der Waals surface area contributed by atoms with E-state index in [0.717, 1.165) is 21.5 Å². The fourth-order valence-electron chi connectivity index (χ4n) is 3.63. The highest BCUT2D eigenvalue weighted by Crippen LogP contribution is 2.28. The van der Waals surface area contributed by atoms with Gasteiger partial charge in [0.1, 0.15) is 12.1 Å². The second-order valence-corrected chi connectivity index (χ2v) is 8.79. The summed E-state index contributed by atoms with van der Waals surface area (Å²) >= 11 is 0. The third-order valence-corrected chi connectivity index (χ3v) is 5.83. The first-order chi connectivity index (χ1) is 17.1. The van der Waals surface area contributed by atoms with E-state index in [2.05, 4.69) is 39.5 Å². The number of fused-ring (bicyclic) bond motifs is 2. The number of benzene rings is 3. The van der Waals surface area contributed by atoms with Crippen LogP contribution >= 0.6 is 0 Å². The van der Waals surface area contributed by atoms with Crippen LogP contribution in [0, 0.1) is 5.92 Å². The van der Waals surface area contributed by atoms with Gasteiger partial charge in [0, 0.05) is 11.1 Å². The maximum Gasteiger partial charge on any atom is 0.290 e. The van der Waals surface area contributed by atoms with Crippen LogP contribution < -0.4 is 21.3 Å². The Labute approximate surface area is 210 Å². The highest BCUT2D eigenvalue weighted by Gasteiger charge is 2.28. The summed E-state index contributed by atoms with van der Waals surface area (Å²) in [5.74, 6) is -1.14. The van der Waals surface area contributed by atoms with E-state index < -0.39 is 24.0 Å². The maximum atomic E-state index is 12.9. The first kappa shape index (κ1) is 28.3. The molecule has 0 unspecified atom stereocenters. The minimum absolute atomic E-state index is 0.139. The largest absolute Gasteiger partial charge is 0.483 e. The van der Waals surface area contributed by atoms with Crippen molar-refractivity contribution in [2.45, 2.75) is 45.8 Å². The number of likely N-dealkylation sites (N-methyl/N-ethyl adjacent to an activating group) is 1. The van der Waals surface area contributed by atoms with Gasteiger partial charge in [-0.15, -0.1) is 0 Å². The molecule has 3 amide bonds. The van der Waals surface area contributed by atoms with Gasteiger partial charge in [0.25, 0.3) is 6.47 Å². The molecule has 192 valence electrons. The Morgan fingerprint density at radius 2 is 1.36 bits per heavy atom. The van der Waals surface area contributed by atoms with Gasteiger partial charge < -0.3 is 26.4 Å². The van der Waals surface area contributed by atoms with Crippen molar-refractivity contribution in [3.8, 4) is 0 Å². The van der Waals surface area contributed by atoms with Crippen LogP contribution in [0.15, 0.2) is 54.6 Å². The van der Waals surface area contributed by atoms with Crippen molar-refractivity contribution in [3.63, 3.8) is 0 Å². The molecule has 0 aliphatic carbocycles. The standard InChI is InChI=1S/C26H32N4O3.CH2O2/c1-15(2)23(30-24(31)16(3)27-5)26(33)28-17(4)25(32)29-22-12-8-11-20-13-18-9-6-7-10-19(18)14-21(20)22;2-1-3/h6-17,23,27H,1-5H3,(H,28,33)(H,29,32)(H,30,31);1H,(H,2,3)/t16-,17-,23-;/m0./s1. The van der Waals surface area contributed by atoms with Crippen LogP contribution in [0.25, 0.3) is 21.5 Å². The zero-order valence-corrected chi connectivity index (χ0v) is 21.2. The molecule has 0 saturated heterocycles. The van der Waals surface area contributed by atoms with Crippen molar-refractivity contribution in [3.05, 3.63) is 54.6 Å². The molecule has 3 rings (SSSR count). The fourth-order valence-corrected chi connectivity index (χ4v) is 3.63. The Balaban J connectivity index is 0.00000145. The van der Waals surface area contributed by atoms with Crippen molar-refractivity contribution < 1.29 is 24.3 Å². The van der Waals surface area contributed by atoms with E-state index in [1.807, 2.05) is 50.2 Å². The minimum Gasteiger partial charge on any atom is -0.483 e. The molecule has 0 spiro atoms. The summed E-state index contributed by atoms with van der Waals surface area (Å²) in [4.78, 5) is 46.3. The van der Waals surface area contributed by atoms with Gasteiger partial charge in [-0.25, -0.2) is 0 Å². The smallest absolute Gasteiger partial charge is 0.290 e. The van der Waals surface area contributed by atoms with Crippen LogP contribution in [0.2, 0.25) is 0 Å². The van der Waals surface area contributed by atoms with E-state index in [4.69, 9.17) is 9.90 Å². The van der Waals surface area contributed by atoms with Crippen LogP contribution in [0.3, 0.4) is 0 Å². The Bertz CT molecular complexity index is 1230. The Hall–Kier alpha value is -3.98. The summed E-state index contributed by atoms with van der Waals surface area (Å²) in [5.41, 5.74) is 0.681. The van der Waals surface area contributed by atoms with E-state index in [1.54, 1.807) is 20.9 Å². The SMILES string of the molecule is CN[C@@H](C)C(=O)N[C@H](C(=O)N[C@@H](C)C(=O)Nc1cccc2cc3ccccc3cc12)C(C)C.O=CO. The predicted molar refractivity (Wildman–Crippen MR) is 142 cm³/mol. The minimum atomic E-state index is -0.784. The number of carbonyl (C=O) groups is 4. The number of amides is 3. The van der Waals surface area contributed by atoms with Crippen molar-refractivity contribution >= 4 is 51.4 Å². The van der Waals surface area contributed by atoms with Gasteiger partial charge in [0.2, 0.25) is 17.7 Å². The average Bonchev–Trinajstić information content (AvgIpc) is 2.85. The molecule has 9 nitrogen and oxygen atoms in total. The summed E-state index contributed by atoms with van der Waals surface area (Å²) in [5, 5.41) is 22.3. The maximum absolute atomic E-state index is 12.9. The second kappa shape index (κ2) is 13.2. The lowest BCUT2D eigenvalue weighted by atomic mass is 10.0. The van der Waals surface area contributed by atoms with E-state index in [-0.39, 0.29) is 24.2 Å². The van der Waals surface area contributed by atoms with Crippen LogP contribution in [0.1, 0.15) is 27.7 Å². The number of rotatable bonds is 8. The van der Waals surface area contributed by atoms with Crippen LogP contribution in [0.4, 0.5) is 5.69 Å². The van der Waals surface area contributed by atoms with Crippen molar-refractivity contribution in [2.24, 2.45) is 5.92 Å². The first-order valence-electron chi connectivity index (χ1n) is 11.7. The number of hydrogen-bond donors (Lipinski definition) is 5. The van der Waals surface area contributed by atoms with Gasteiger partial charge in [-0.05, 0) is 61.2 Å². The monoisotopic (exact) mass is 494 g/mol. The Kier molecular flexibility index (Phi) is 10.4. The lowest BCUT2D eigenvalue weighted by Gasteiger charge is -2.25. The van der Waals surface area contributed by atoms with E-state index >= 15 is 0 Å². The zero-order valence-electron chi connectivity index (χ0n) is 21.2. The molecular weight excluding hydrogens is 460 g/mol. The number of anilines is 1. The van der Waals surface area contributed by atoms with Gasteiger partial charge in [-0.3, -0.25) is 19.2 Å². The van der Waals surface area contributed by atoms with Gasteiger partial charge >= 0.3 is 0 Å². The molecule has 0 aliphatic rings. The summed E-state index contributed by atoms with van der Waals surface area (Å²) in [6, 6.07) is 16.0. The Morgan fingerprint density at radius 3 is 1.94 bits per heavy atom. The topological polar surface area (TPSA) is 137 Å². The number of carbonyl (C=O) groups excluding carboxylic acids is 3.